The topological polar surface area (TPSA) is 74.6 Å². The van der Waals surface area contributed by atoms with Crippen LogP contribution in [0, 0.1) is 27.7 Å². The van der Waals surface area contributed by atoms with Gasteiger partial charge in [0.05, 0.1) is 5.30 Å². The molecule has 0 fully saturated rings. The minimum absolute atomic E-state index is 0.103. The van der Waals surface area contributed by atoms with E-state index in [1.165, 1.54) is 6.07 Å². The van der Waals surface area contributed by atoms with Gasteiger partial charge in [0.25, 0.3) is 0 Å². The van der Waals surface area contributed by atoms with Crippen molar-refractivity contribution in [2.75, 3.05) is 0 Å². The van der Waals surface area contributed by atoms with Crippen LogP contribution in [0.5, 0.6) is 0 Å². The van der Waals surface area contributed by atoms with Crippen molar-refractivity contribution in [2.45, 2.75) is 27.7 Å². The zero-order valence-corrected chi connectivity index (χ0v) is 13.9. The molecule has 0 amide bonds. The fourth-order valence-electron chi connectivity index (χ4n) is 2.85. The van der Waals surface area contributed by atoms with Gasteiger partial charge in [-0.2, -0.15) is 0 Å². The molecule has 0 radical (unpaired) electrons. The van der Waals surface area contributed by atoms with E-state index in [0.29, 0.717) is 11.1 Å². The highest BCUT2D eigenvalue weighted by Gasteiger charge is 2.28. The first kappa shape index (κ1) is 16.6. The summed E-state index contributed by atoms with van der Waals surface area (Å²) in [4.78, 5) is 32.0. The standard InChI is InChI=1S/C17H19O4P/c1-10-8-12(3)15(13(4)9-10)17(18)16-11(2)6-5-7-14(16)22(19,20)21/h5-9H,1-4H3,(H2,19,20,21). The van der Waals surface area contributed by atoms with Crippen molar-refractivity contribution in [1.82, 2.24) is 0 Å². The quantitative estimate of drug-likeness (QED) is 0.674. The Balaban J connectivity index is 2.74. The predicted octanol–water partition coefficient (Wildman–Crippen LogP) is 2.95. The predicted molar refractivity (Wildman–Crippen MR) is 86.9 cm³/mol. The van der Waals surface area contributed by atoms with Gasteiger partial charge in [-0.25, -0.2) is 0 Å². The summed E-state index contributed by atoms with van der Waals surface area (Å²) < 4.78 is 11.7. The molecular formula is C17H19O4P. The van der Waals surface area contributed by atoms with E-state index < -0.39 is 7.60 Å². The average molecular weight is 318 g/mol. The lowest BCUT2D eigenvalue weighted by atomic mass is 9.91. The van der Waals surface area contributed by atoms with Gasteiger partial charge < -0.3 is 9.79 Å². The van der Waals surface area contributed by atoms with Gasteiger partial charge in [-0.05, 0) is 50.5 Å². The SMILES string of the molecule is Cc1cc(C)c(C(=O)c2c(C)cccc2P(=O)(O)O)c(C)c1. The number of hydrogen-bond donors (Lipinski definition) is 2. The molecule has 22 heavy (non-hydrogen) atoms. The van der Waals surface area contributed by atoms with Gasteiger partial charge in [0.1, 0.15) is 0 Å². The van der Waals surface area contributed by atoms with Gasteiger partial charge in [-0.15, -0.1) is 0 Å². The van der Waals surface area contributed by atoms with E-state index in [0.717, 1.165) is 16.7 Å². The maximum absolute atomic E-state index is 12.9. The summed E-state index contributed by atoms with van der Waals surface area (Å²) in [5.41, 5.74) is 3.84. The second kappa shape index (κ2) is 5.81. The molecule has 0 atom stereocenters. The minimum atomic E-state index is -4.52. The van der Waals surface area contributed by atoms with E-state index in [1.807, 2.05) is 32.9 Å². The van der Waals surface area contributed by atoms with Crippen LogP contribution < -0.4 is 5.30 Å². The van der Waals surface area contributed by atoms with Crippen LogP contribution in [0.1, 0.15) is 38.2 Å². The smallest absolute Gasteiger partial charge is 0.321 e. The molecule has 5 heteroatoms. The Labute approximate surface area is 130 Å². The molecule has 2 aromatic carbocycles. The van der Waals surface area contributed by atoms with E-state index in [9.17, 15) is 19.1 Å². The molecule has 0 aliphatic heterocycles. The third kappa shape index (κ3) is 3.05. The normalized spacial score (nSPS) is 11.5. The molecule has 0 bridgehead atoms. The lowest BCUT2D eigenvalue weighted by Crippen LogP contribution is -2.20. The third-order valence-electron chi connectivity index (χ3n) is 3.70. The maximum Gasteiger partial charge on any atom is 0.356 e. The molecule has 116 valence electrons. The largest absolute Gasteiger partial charge is 0.356 e. The van der Waals surface area contributed by atoms with Crippen molar-refractivity contribution in [3.63, 3.8) is 0 Å². The van der Waals surface area contributed by atoms with Gasteiger partial charge in [0.2, 0.25) is 0 Å². The van der Waals surface area contributed by atoms with Crippen LogP contribution >= 0.6 is 7.60 Å². The summed E-state index contributed by atoms with van der Waals surface area (Å²) in [5.74, 6) is -0.341. The summed E-state index contributed by atoms with van der Waals surface area (Å²) in [6.07, 6.45) is 0. The average Bonchev–Trinajstić information content (AvgIpc) is 2.35. The van der Waals surface area contributed by atoms with Crippen molar-refractivity contribution < 1.29 is 19.1 Å². The molecule has 2 rings (SSSR count). The first-order valence-corrected chi connectivity index (χ1v) is 8.52. The molecule has 0 heterocycles. The van der Waals surface area contributed by atoms with Gasteiger partial charge in [-0.3, -0.25) is 9.36 Å². The van der Waals surface area contributed by atoms with Crippen LogP contribution in [0.25, 0.3) is 0 Å². The van der Waals surface area contributed by atoms with Crippen LogP contribution in [-0.4, -0.2) is 15.6 Å². The van der Waals surface area contributed by atoms with Crippen molar-refractivity contribution in [3.8, 4) is 0 Å². The zero-order chi connectivity index (χ0) is 16.7. The monoisotopic (exact) mass is 318 g/mol. The number of carbonyl (C=O) groups is 1. The molecule has 0 saturated carbocycles. The van der Waals surface area contributed by atoms with Gasteiger partial charge >= 0.3 is 7.60 Å². The van der Waals surface area contributed by atoms with Gasteiger partial charge in [-0.1, -0.05) is 29.8 Å². The molecule has 4 nitrogen and oxygen atoms in total. The third-order valence-corrected chi connectivity index (χ3v) is 4.70. The molecule has 2 N–H and O–H groups in total. The Bertz CT molecular complexity index is 779. The van der Waals surface area contributed by atoms with E-state index >= 15 is 0 Å². The zero-order valence-electron chi connectivity index (χ0n) is 13.0. The maximum atomic E-state index is 12.9. The summed E-state index contributed by atoms with van der Waals surface area (Å²) in [7, 11) is -4.52. The molecule has 2 aromatic rings. The molecule has 0 aliphatic rings. The molecule has 0 aliphatic carbocycles. The second-order valence-electron chi connectivity index (χ2n) is 5.62. The summed E-state index contributed by atoms with van der Waals surface area (Å²) in [5, 5.41) is -0.211. The molecule has 0 saturated heterocycles. The molecule has 0 spiro atoms. The van der Waals surface area contributed by atoms with E-state index in [-0.39, 0.29) is 16.7 Å². The molecular weight excluding hydrogens is 299 g/mol. The fourth-order valence-corrected chi connectivity index (χ4v) is 3.70. The highest BCUT2D eigenvalue weighted by atomic mass is 31.2. The first-order chi connectivity index (χ1) is 10.1. The lowest BCUT2D eigenvalue weighted by Gasteiger charge is -2.16. The van der Waals surface area contributed by atoms with Crippen LogP contribution in [0.2, 0.25) is 0 Å². The number of benzene rings is 2. The van der Waals surface area contributed by atoms with Gasteiger partial charge in [0, 0.05) is 11.1 Å². The Morgan fingerprint density at radius 1 is 0.909 bits per heavy atom. The number of ketones is 1. The van der Waals surface area contributed by atoms with Crippen molar-refractivity contribution in [3.05, 3.63) is 63.7 Å². The number of aryl methyl sites for hydroxylation is 4. The Morgan fingerprint density at radius 2 is 1.45 bits per heavy atom. The van der Waals surface area contributed by atoms with Gasteiger partial charge in [0.15, 0.2) is 5.78 Å². The number of carbonyl (C=O) groups excluding carboxylic acids is 1. The summed E-state index contributed by atoms with van der Waals surface area (Å²) in [6, 6.07) is 8.35. The van der Waals surface area contributed by atoms with E-state index in [4.69, 9.17) is 0 Å². The lowest BCUT2D eigenvalue weighted by molar-refractivity contribution is 0.103. The van der Waals surface area contributed by atoms with E-state index in [2.05, 4.69) is 0 Å². The highest BCUT2D eigenvalue weighted by molar-refractivity contribution is 7.60. The Morgan fingerprint density at radius 3 is 1.95 bits per heavy atom. The van der Waals surface area contributed by atoms with E-state index in [1.54, 1.807) is 19.1 Å². The molecule has 0 aromatic heterocycles. The minimum Gasteiger partial charge on any atom is -0.321 e. The fraction of sp³-hybridized carbons (Fsp3) is 0.235. The summed E-state index contributed by atoms with van der Waals surface area (Å²) >= 11 is 0. The first-order valence-electron chi connectivity index (χ1n) is 6.91. The summed E-state index contributed by atoms with van der Waals surface area (Å²) in [6.45, 7) is 7.31. The van der Waals surface area contributed by atoms with Crippen LogP contribution in [0.4, 0.5) is 0 Å². The number of rotatable bonds is 3. The van der Waals surface area contributed by atoms with Crippen LogP contribution in [0.15, 0.2) is 30.3 Å². The van der Waals surface area contributed by atoms with Crippen molar-refractivity contribution in [1.29, 1.82) is 0 Å². The second-order valence-corrected chi connectivity index (χ2v) is 7.19. The van der Waals surface area contributed by atoms with Crippen LogP contribution in [-0.2, 0) is 4.57 Å². The van der Waals surface area contributed by atoms with Crippen molar-refractivity contribution >= 4 is 18.7 Å². The number of hydrogen-bond acceptors (Lipinski definition) is 2. The highest BCUT2D eigenvalue weighted by Crippen LogP contribution is 2.36. The Kier molecular flexibility index (Phi) is 4.39. The van der Waals surface area contributed by atoms with Crippen LogP contribution in [0.3, 0.4) is 0 Å². The molecule has 0 unspecified atom stereocenters. The Hall–Kier alpha value is -1.74. The van der Waals surface area contributed by atoms with Crippen molar-refractivity contribution in [2.24, 2.45) is 0 Å².